The molecule has 0 aromatic carbocycles. The second kappa shape index (κ2) is 3670. The Morgan fingerprint density at radius 2 is 0.316 bits per heavy atom. The summed E-state index contributed by atoms with van der Waals surface area (Å²) in [5.41, 5.74) is 0. The van der Waals surface area contributed by atoms with Gasteiger partial charge in [-0.25, -0.2) is 0 Å². The molecule has 0 fully saturated rings. The molecule has 0 aliphatic carbocycles. The number of hydrogen-bond acceptors (Lipinski definition) is 2. The summed E-state index contributed by atoms with van der Waals surface area (Å²) in [6, 6.07) is 0. The van der Waals surface area contributed by atoms with Crippen LogP contribution in [0.2, 0.25) is 0 Å². The van der Waals surface area contributed by atoms with Gasteiger partial charge in [0.15, 0.2) is 0 Å². The van der Waals surface area contributed by atoms with Gasteiger partial charge in [0.1, 0.15) is 0 Å². The molecule has 8 radical (unpaired) electrons. The molecule has 0 aliphatic rings. The molecule has 19 heavy (non-hydrogen) atoms. The van der Waals surface area contributed by atoms with Crippen molar-refractivity contribution in [3.05, 3.63) is 0 Å². The molecule has 128 valence electrons. The van der Waals surface area contributed by atoms with E-state index in [2.05, 4.69) is 0 Å². The Bertz CT molecular complexity index is 26.9. The summed E-state index contributed by atoms with van der Waals surface area (Å²) < 4.78 is 16.3. The monoisotopic (exact) mass is 368 g/mol. The van der Waals surface area contributed by atoms with Gasteiger partial charge in [-0.1, -0.05) is 22.3 Å². The molecule has 0 aromatic rings. The predicted octanol–water partition coefficient (Wildman–Crippen LogP) is -8.10. The topological polar surface area (TPSA) is 349 Å². The molecule has 12 nitrogen and oxygen atoms in total. The third-order valence-electron chi connectivity index (χ3n) is 0. The summed E-state index contributed by atoms with van der Waals surface area (Å²) in [5, 5.41) is 0. The number of rotatable bonds is 0. The second-order valence-electron chi connectivity index (χ2n) is 0. The van der Waals surface area contributed by atoms with Crippen molar-refractivity contribution in [1.82, 2.24) is 0 Å². The molecule has 0 spiro atoms. The standard InChI is InChI=1S/3CH4.4Al.10H2O.2O/h3*1H4;;;;;10*1H2;;. The Labute approximate surface area is 151 Å². The average molecular weight is 368 g/mol. The summed E-state index contributed by atoms with van der Waals surface area (Å²) in [6.45, 7) is 0. The van der Waals surface area contributed by atoms with Crippen LogP contribution in [0.4, 0.5) is 0 Å². The first-order valence-corrected chi connectivity index (χ1v) is 1.41. The van der Waals surface area contributed by atoms with Crippen LogP contribution in [0.5, 0.6) is 0 Å². The fourth-order valence-corrected chi connectivity index (χ4v) is 0. The van der Waals surface area contributed by atoms with Crippen molar-refractivity contribution in [2.45, 2.75) is 22.3 Å². The van der Waals surface area contributed by atoms with E-state index in [-0.39, 0.29) is 112 Å². The molecule has 0 unspecified atom stereocenters. The van der Waals surface area contributed by atoms with Gasteiger partial charge in [-0.2, -0.15) is 0 Å². The van der Waals surface area contributed by atoms with Crippen LogP contribution in [0.1, 0.15) is 22.3 Å². The molecular weight excluding hydrogens is 336 g/mol. The minimum absolute atomic E-state index is 0. The van der Waals surface area contributed by atoms with Gasteiger partial charge in [-0.3, -0.25) is 0 Å². The zero-order valence-electron chi connectivity index (χ0n) is 8.13. The first-order valence-electron chi connectivity index (χ1n) is 0.471. The van der Waals surface area contributed by atoms with Gasteiger partial charge in [0.25, 0.3) is 0 Å². The summed E-state index contributed by atoms with van der Waals surface area (Å²) >= 11 is 2.33. The maximum atomic E-state index is 8.17. The molecule has 16 heteroatoms. The molecule has 0 rings (SSSR count). The SMILES string of the molecule is C.C.C.O.O.O.O.O.O.O.O.O.O.[Al].[Al].[O]=[Al].[O]=[Al]. The van der Waals surface area contributed by atoms with Crippen molar-refractivity contribution >= 4 is 67.2 Å². The van der Waals surface area contributed by atoms with Crippen LogP contribution >= 0.6 is 0 Å². The van der Waals surface area contributed by atoms with Crippen LogP contribution in [-0.2, 0) is 7.61 Å². The zero-order valence-corrected chi connectivity index (χ0v) is 12.7. The molecule has 0 saturated carbocycles. The first kappa shape index (κ1) is 685. The van der Waals surface area contributed by atoms with Gasteiger partial charge >= 0.3 is 40.1 Å². The normalized spacial score (nSPS) is 0.316. The predicted molar refractivity (Wildman–Crippen MR) is 80.7 cm³/mol. The molecule has 0 saturated heterocycles. The van der Waals surface area contributed by atoms with Crippen molar-refractivity contribution in [3.8, 4) is 0 Å². The van der Waals surface area contributed by atoms with Crippen molar-refractivity contribution in [1.29, 1.82) is 0 Å². The summed E-state index contributed by atoms with van der Waals surface area (Å²) in [4.78, 5) is 0. The molecule has 0 atom stereocenters. The van der Waals surface area contributed by atoms with Crippen LogP contribution in [0.25, 0.3) is 0 Å². The van der Waals surface area contributed by atoms with Crippen LogP contribution in [0.15, 0.2) is 0 Å². The second-order valence-corrected chi connectivity index (χ2v) is 0. The van der Waals surface area contributed by atoms with Crippen LogP contribution < -0.4 is 0 Å². The Balaban J connectivity index is -0.000000000157. The van der Waals surface area contributed by atoms with E-state index >= 15 is 0 Å². The minimum atomic E-state index is 0. The van der Waals surface area contributed by atoms with Gasteiger partial charge < -0.3 is 54.8 Å². The van der Waals surface area contributed by atoms with Crippen molar-refractivity contribution in [3.63, 3.8) is 0 Å². The first-order chi connectivity index (χ1) is 2.00. The maximum absolute atomic E-state index is 8.17. The fourth-order valence-electron chi connectivity index (χ4n) is 0. The van der Waals surface area contributed by atoms with Gasteiger partial charge in [0, 0.05) is 34.7 Å². The van der Waals surface area contributed by atoms with E-state index in [9.17, 15) is 0 Å². The quantitative estimate of drug-likeness (QED) is 0.375. The van der Waals surface area contributed by atoms with Gasteiger partial charge in [-0.15, -0.1) is 0 Å². The van der Waals surface area contributed by atoms with E-state index in [0.29, 0.717) is 0 Å². The van der Waals surface area contributed by atoms with E-state index in [1.165, 1.54) is 32.4 Å². The van der Waals surface area contributed by atoms with Gasteiger partial charge in [0.2, 0.25) is 0 Å². The van der Waals surface area contributed by atoms with Crippen LogP contribution in [0.3, 0.4) is 0 Å². The average Bonchev–Trinajstić information content (AvgIpc) is 1.50. The van der Waals surface area contributed by atoms with E-state index in [0.717, 1.165) is 0 Å². The Hall–Kier alpha value is 1.33. The molecule has 0 heterocycles. The third kappa shape index (κ3) is 3280. The van der Waals surface area contributed by atoms with Crippen molar-refractivity contribution in [2.24, 2.45) is 0 Å². The van der Waals surface area contributed by atoms with E-state index in [1.54, 1.807) is 0 Å². The van der Waals surface area contributed by atoms with Gasteiger partial charge in [0.05, 0.1) is 0 Å². The van der Waals surface area contributed by atoms with E-state index in [4.69, 9.17) is 7.61 Å². The van der Waals surface area contributed by atoms with E-state index < -0.39 is 0 Å². The molecule has 0 bridgehead atoms. The van der Waals surface area contributed by atoms with Crippen LogP contribution in [0, 0.1) is 0 Å². The van der Waals surface area contributed by atoms with Crippen molar-refractivity contribution < 1.29 is 62.4 Å². The third-order valence-corrected chi connectivity index (χ3v) is 0. The molecule has 0 aromatic heterocycles. The molecular formula is C3H32Al4O12. The Kier molecular flexibility index (Phi) is 132000. The summed E-state index contributed by atoms with van der Waals surface area (Å²) in [6.07, 6.45) is 0. The summed E-state index contributed by atoms with van der Waals surface area (Å²) in [7, 11) is 0. The fraction of sp³-hybridized carbons (Fsp3) is 1.00. The Morgan fingerprint density at radius 1 is 0.316 bits per heavy atom. The van der Waals surface area contributed by atoms with E-state index in [1.807, 2.05) is 0 Å². The Morgan fingerprint density at radius 3 is 0.316 bits per heavy atom. The molecule has 0 aliphatic heterocycles. The zero-order chi connectivity index (χ0) is 4.00. The van der Waals surface area contributed by atoms with Crippen LogP contribution in [-0.4, -0.2) is 122 Å². The number of hydrogen-bond donors (Lipinski definition) is 0. The molecule has 20 N–H and O–H groups in total. The van der Waals surface area contributed by atoms with Crippen molar-refractivity contribution in [2.75, 3.05) is 0 Å². The van der Waals surface area contributed by atoms with Gasteiger partial charge in [-0.05, 0) is 0 Å². The summed E-state index contributed by atoms with van der Waals surface area (Å²) in [5.74, 6) is 0. The molecule has 0 amide bonds.